The van der Waals surface area contributed by atoms with Crippen LogP contribution in [0.4, 0.5) is 31.3 Å². The molecule has 0 saturated carbocycles. The number of halogens is 6. The number of primary amides is 1. The number of nitrogens with one attached hydrogen (secondary N) is 1. The summed E-state index contributed by atoms with van der Waals surface area (Å²) in [5, 5.41) is 2.08. The monoisotopic (exact) mass is 498 g/mol. The number of alkyl halides is 6. The van der Waals surface area contributed by atoms with Crippen LogP contribution in [0, 0.1) is 6.92 Å². The van der Waals surface area contributed by atoms with Gasteiger partial charge in [0.2, 0.25) is 0 Å². The van der Waals surface area contributed by atoms with Crippen molar-refractivity contribution >= 4 is 34.1 Å². The van der Waals surface area contributed by atoms with Crippen molar-refractivity contribution in [2.75, 3.05) is 18.5 Å². The summed E-state index contributed by atoms with van der Waals surface area (Å²) < 4.78 is 87.3. The molecular weight excluding hydrogens is 482 g/mol. The summed E-state index contributed by atoms with van der Waals surface area (Å²) in [6, 6.07) is 0.540. The lowest BCUT2D eigenvalue weighted by atomic mass is 10.1. The molecule has 0 aliphatic heterocycles. The number of nitrogens with two attached hydrogens (primary N) is 1. The number of carbonyl (C=O) groups is 3. The van der Waals surface area contributed by atoms with Crippen LogP contribution in [0.1, 0.15) is 43.6 Å². The Hall–Kier alpha value is -3.29. The molecule has 0 atom stereocenters. The van der Waals surface area contributed by atoms with E-state index in [1.54, 1.807) is 0 Å². The lowest BCUT2D eigenvalue weighted by Crippen LogP contribution is -2.21. The van der Waals surface area contributed by atoms with Crippen LogP contribution in [0.2, 0.25) is 0 Å². The van der Waals surface area contributed by atoms with Crippen molar-refractivity contribution in [2.24, 2.45) is 5.73 Å². The summed E-state index contributed by atoms with van der Waals surface area (Å²) >= 11 is 0.650. The fraction of sp³-hybridized carbons (Fsp3) is 0.316. The third-order valence-electron chi connectivity index (χ3n) is 4.03. The van der Waals surface area contributed by atoms with Crippen LogP contribution in [0.3, 0.4) is 0 Å². The van der Waals surface area contributed by atoms with Gasteiger partial charge in [-0.05, 0) is 37.6 Å². The van der Waals surface area contributed by atoms with E-state index in [1.165, 1.54) is 13.8 Å². The number of carbonyl (C=O) groups excluding carboxylic acids is 3. The highest BCUT2D eigenvalue weighted by Gasteiger charge is 2.37. The number of esters is 1. The van der Waals surface area contributed by atoms with E-state index in [0.717, 1.165) is 0 Å². The summed E-state index contributed by atoms with van der Waals surface area (Å²) in [7, 11) is 0. The van der Waals surface area contributed by atoms with Crippen molar-refractivity contribution in [3.8, 4) is 5.75 Å². The number of thiophene rings is 1. The van der Waals surface area contributed by atoms with Gasteiger partial charge in [0.15, 0.2) is 6.61 Å². The molecule has 0 radical (unpaired) electrons. The van der Waals surface area contributed by atoms with Gasteiger partial charge in [-0.1, -0.05) is 0 Å². The summed E-state index contributed by atoms with van der Waals surface area (Å²) in [6.45, 7) is 1.89. The van der Waals surface area contributed by atoms with Gasteiger partial charge in [0, 0.05) is 0 Å². The Balaban J connectivity index is 2.27. The van der Waals surface area contributed by atoms with Gasteiger partial charge in [-0.25, -0.2) is 4.79 Å². The van der Waals surface area contributed by atoms with E-state index in [-0.39, 0.29) is 33.7 Å². The van der Waals surface area contributed by atoms with Crippen molar-refractivity contribution in [2.45, 2.75) is 26.2 Å². The Morgan fingerprint density at radius 2 is 1.58 bits per heavy atom. The Morgan fingerprint density at radius 3 is 2.03 bits per heavy atom. The van der Waals surface area contributed by atoms with Crippen molar-refractivity contribution in [3.63, 3.8) is 0 Å². The van der Waals surface area contributed by atoms with E-state index < -0.39 is 53.6 Å². The number of amides is 2. The average molecular weight is 498 g/mol. The first kappa shape index (κ1) is 26.0. The van der Waals surface area contributed by atoms with Gasteiger partial charge in [0.1, 0.15) is 10.8 Å². The lowest BCUT2D eigenvalue weighted by molar-refractivity contribution is -0.143. The molecule has 0 unspecified atom stereocenters. The molecule has 0 saturated heterocycles. The molecular formula is C19H16F6N2O5S. The van der Waals surface area contributed by atoms with Gasteiger partial charge in [-0.2, -0.15) is 26.3 Å². The molecule has 1 aromatic heterocycles. The number of anilines is 1. The minimum atomic E-state index is -5.09. The Kier molecular flexibility index (Phi) is 7.62. The molecule has 180 valence electrons. The molecule has 1 aromatic carbocycles. The summed E-state index contributed by atoms with van der Waals surface area (Å²) in [4.78, 5) is 35.9. The van der Waals surface area contributed by atoms with E-state index in [4.69, 9.17) is 15.2 Å². The first-order chi connectivity index (χ1) is 15.1. The first-order valence-corrected chi connectivity index (χ1v) is 9.79. The third kappa shape index (κ3) is 6.37. The lowest BCUT2D eigenvalue weighted by Gasteiger charge is -2.14. The summed E-state index contributed by atoms with van der Waals surface area (Å²) in [5.74, 6) is -3.63. The molecule has 0 fully saturated rings. The zero-order chi connectivity index (χ0) is 25.1. The fourth-order valence-corrected chi connectivity index (χ4v) is 3.67. The normalized spacial score (nSPS) is 11.8. The van der Waals surface area contributed by atoms with E-state index in [2.05, 4.69) is 5.32 Å². The molecule has 1 heterocycles. The molecule has 2 amide bonds. The summed E-state index contributed by atoms with van der Waals surface area (Å²) in [5.41, 5.74) is 1.98. The maximum absolute atomic E-state index is 12.9. The Labute approximate surface area is 186 Å². The number of rotatable bonds is 7. The maximum atomic E-state index is 12.9. The van der Waals surface area contributed by atoms with Gasteiger partial charge < -0.3 is 20.5 Å². The SMILES string of the molecule is CCOC(=O)c1c(NC(=O)COc2cc(C(F)(F)F)cc(C(F)(F)F)c2)sc(C(N)=O)c1C. The highest BCUT2D eigenvalue weighted by molar-refractivity contribution is 7.18. The Bertz CT molecular complexity index is 1050. The van der Waals surface area contributed by atoms with Gasteiger partial charge in [0.25, 0.3) is 11.8 Å². The van der Waals surface area contributed by atoms with Crippen molar-refractivity contribution in [1.82, 2.24) is 0 Å². The molecule has 0 aliphatic rings. The minimum Gasteiger partial charge on any atom is -0.484 e. The van der Waals surface area contributed by atoms with Crippen molar-refractivity contribution < 1.29 is 50.2 Å². The molecule has 33 heavy (non-hydrogen) atoms. The van der Waals surface area contributed by atoms with Crippen LogP contribution in [0.5, 0.6) is 5.75 Å². The van der Waals surface area contributed by atoms with Gasteiger partial charge in [-0.15, -0.1) is 11.3 Å². The molecule has 14 heteroatoms. The zero-order valence-electron chi connectivity index (χ0n) is 16.9. The van der Waals surface area contributed by atoms with Crippen molar-refractivity contribution in [1.29, 1.82) is 0 Å². The minimum absolute atomic E-state index is 0.0202. The maximum Gasteiger partial charge on any atom is 0.416 e. The number of ether oxygens (including phenoxy) is 2. The first-order valence-electron chi connectivity index (χ1n) is 8.97. The number of hydrogen-bond donors (Lipinski definition) is 2. The standard InChI is InChI=1S/C19H16F6N2O5S/c1-3-31-17(30)13-8(2)14(15(26)29)33-16(13)27-12(28)7-32-11-5-9(18(20,21)22)4-10(6-11)19(23,24)25/h4-6H,3,7H2,1-2H3,(H2,26,29)(H,27,28). The number of hydrogen-bond acceptors (Lipinski definition) is 6. The topological polar surface area (TPSA) is 108 Å². The van der Waals surface area contributed by atoms with Gasteiger partial charge in [-0.3, -0.25) is 9.59 Å². The largest absolute Gasteiger partial charge is 0.484 e. The predicted octanol–water partition coefficient (Wildman–Crippen LogP) is 4.39. The van der Waals surface area contributed by atoms with E-state index in [9.17, 15) is 40.7 Å². The second kappa shape index (κ2) is 9.68. The molecule has 2 aromatic rings. The van der Waals surface area contributed by atoms with Crippen LogP contribution in [0.25, 0.3) is 0 Å². The van der Waals surface area contributed by atoms with Crippen LogP contribution >= 0.6 is 11.3 Å². The van der Waals surface area contributed by atoms with E-state index in [0.29, 0.717) is 23.5 Å². The highest BCUT2D eigenvalue weighted by atomic mass is 32.1. The quantitative estimate of drug-likeness (QED) is 0.435. The molecule has 0 aliphatic carbocycles. The fourth-order valence-electron chi connectivity index (χ4n) is 2.61. The van der Waals surface area contributed by atoms with E-state index in [1.807, 2.05) is 0 Å². The van der Waals surface area contributed by atoms with Crippen LogP contribution in [-0.2, 0) is 21.9 Å². The second-order valence-electron chi connectivity index (χ2n) is 6.42. The third-order valence-corrected chi connectivity index (χ3v) is 5.26. The molecule has 0 bridgehead atoms. The molecule has 0 spiro atoms. The molecule has 3 N–H and O–H groups in total. The van der Waals surface area contributed by atoms with Gasteiger partial charge in [0.05, 0.1) is 28.2 Å². The zero-order valence-corrected chi connectivity index (χ0v) is 17.8. The summed E-state index contributed by atoms with van der Waals surface area (Å²) in [6.07, 6.45) is -10.2. The Morgan fingerprint density at radius 1 is 1.03 bits per heavy atom. The van der Waals surface area contributed by atoms with E-state index >= 15 is 0 Å². The van der Waals surface area contributed by atoms with Crippen molar-refractivity contribution in [3.05, 3.63) is 45.3 Å². The van der Waals surface area contributed by atoms with Crippen LogP contribution in [0.15, 0.2) is 18.2 Å². The van der Waals surface area contributed by atoms with Crippen LogP contribution < -0.4 is 15.8 Å². The average Bonchev–Trinajstić information content (AvgIpc) is 3.01. The highest BCUT2D eigenvalue weighted by Crippen LogP contribution is 2.38. The van der Waals surface area contributed by atoms with Gasteiger partial charge >= 0.3 is 18.3 Å². The molecule has 2 rings (SSSR count). The number of benzene rings is 1. The smallest absolute Gasteiger partial charge is 0.416 e. The van der Waals surface area contributed by atoms with Crippen LogP contribution in [-0.4, -0.2) is 31.0 Å². The second-order valence-corrected chi connectivity index (χ2v) is 7.44. The predicted molar refractivity (Wildman–Crippen MR) is 104 cm³/mol. The molecule has 7 nitrogen and oxygen atoms in total.